The zero-order valence-electron chi connectivity index (χ0n) is 18.1. The van der Waals surface area contributed by atoms with Crippen LogP contribution in [0.25, 0.3) is 0 Å². The fraction of sp³-hybridized carbons (Fsp3) is 0.478. The summed E-state index contributed by atoms with van der Waals surface area (Å²) in [5.74, 6) is -0.203. The van der Waals surface area contributed by atoms with Crippen LogP contribution >= 0.6 is 0 Å². The number of carbonyl (C=O) groups is 3. The summed E-state index contributed by atoms with van der Waals surface area (Å²) in [6.45, 7) is 0.666. The number of aromatic nitrogens is 2. The first-order chi connectivity index (χ1) is 14.9. The summed E-state index contributed by atoms with van der Waals surface area (Å²) in [7, 11) is 3.99. The minimum atomic E-state index is -0.236. The third kappa shape index (κ3) is 4.47. The Morgan fingerprint density at radius 2 is 1.71 bits per heavy atom. The van der Waals surface area contributed by atoms with Crippen molar-refractivity contribution in [3.63, 3.8) is 0 Å². The van der Waals surface area contributed by atoms with Crippen LogP contribution in [0.4, 0.5) is 11.5 Å². The van der Waals surface area contributed by atoms with Gasteiger partial charge in [0.2, 0.25) is 17.7 Å². The Hall–Kier alpha value is -3.16. The maximum absolute atomic E-state index is 12.6. The predicted octanol–water partition coefficient (Wildman–Crippen LogP) is 2.50. The lowest BCUT2D eigenvalue weighted by atomic mass is 9.81. The molecule has 1 saturated carbocycles. The number of rotatable bonds is 7. The van der Waals surface area contributed by atoms with Crippen molar-refractivity contribution in [2.75, 3.05) is 30.9 Å². The standard InChI is InChI=1S/C23H29N5O3/c1-26(2)17-9-7-16(8-10-17)15-28-20(11-13-24-28)25-21(29)12-14-27-22(30)18-5-3-4-6-19(18)23(27)31/h7-11,13,18-19H,3-6,12,14-15H2,1-2H3,(H,25,29). The van der Waals surface area contributed by atoms with Crippen LogP contribution in [-0.4, -0.2) is 53.0 Å². The molecule has 8 nitrogen and oxygen atoms in total. The first kappa shape index (κ1) is 21.1. The molecule has 0 spiro atoms. The molecule has 0 radical (unpaired) electrons. The molecule has 2 aliphatic rings. The maximum atomic E-state index is 12.6. The molecule has 1 aromatic carbocycles. The molecule has 164 valence electrons. The van der Waals surface area contributed by atoms with Crippen molar-refractivity contribution >= 4 is 29.2 Å². The summed E-state index contributed by atoms with van der Waals surface area (Å²) < 4.78 is 1.73. The van der Waals surface area contributed by atoms with E-state index >= 15 is 0 Å². The van der Waals surface area contributed by atoms with E-state index < -0.39 is 0 Å². The second kappa shape index (κ2) is 8.91. The zero-order chi connectivity index (χ0) is 22.0. The molecular weight excluding hydrogens is 394 g/mol. The molecule has 3 amide bonds. The lowest BCUT2D eigenvalue weighted by Gasteiger charge is -2.19. The van der Waals surface area contributed by atoms with Gasteiger partial charge in [-0.2, -0.15) is 5.10 Å². The van der Waals surface area contributed by atoms with E-state index in [1.807, 2.05) is 43.3 Å². The van der Waals surface area contributed by atoms with E-state index in [-0.39, 0.29) is 42.5 Å². The second-order valence-electron chi connectivity index (χ2n) is 8.56. The first-order valence-electron chi connectivity index (χ1n) is 10.9. The van der Waals surface area contributed by atoms with Crippen molar-refractivity contribution in [1.82, 2.24) is 14.7 Å². The van der Waals surface area contributed by atoms with Crippen molar-refractivity contribution in [2.45, 2.75) is 38.6 Å². The van der Waals surface area contributed by atoms with E-state index in [0.717, 1.165) is 36.9 Å². The predicted molar refractivity (Wildman–Crippen MR) is 118 cm³/mol. The molecule has 2 aromatic rings. The molecule has 8 heteroatoms. The molecule has 1 aliphatic carbocycles. The monoisotopic (exact) mass is 423 g/mol. The fourth-order valence-corrected chi connectivity index (χ4v) is 4.51. The summed E-state index contributed by atoms with van der Waals surface area (Å²) in [4.78, 5) is 41.0. The highest BCUT2D eigenvalue weighted by molar-refractivity contribution is 6.05. The van der Waals surface area contributed by atoms with Crippen molar-refractivity contribution in [3.8, 4) is 0 Å². The van der Waals surface area contributed by atoms with Crippen LogP contribution < -0.4 is 10.2 Å². The van der Waals surface area contributed by atoms with Gasteiger partial charge in [-0.3, -0.25) is 19.3 Å². The molecule has 1 aliphatic heterocycles. The van der Waals surface area contributed by atoms with Crippen molar-refractivity contribution in [2.24, 2.45) is 11.8 Å². The number of fused-ring (bicyclic) bond motifs is 1. The maximum Gasteiger partial charge on any atom is 0.233 e. The van der Waals surface area contributed by atoms with Gasteiger partial charge in [0.25, 0.3) is 0 Å². The number of imide groups is 1. The van der Waals surface area contributed by atoms with E-state index in [9.17, 15) is 14.4 Å². The quantitative estimate of drug-likeness (QED) is 0.692. The number of carbonyl (C=O) groups excluding carboxylic acids is 3. The van der Waals surface area contributed by atoms with E-state index in [0.29, 0.717) is 12.4 Å². The van der Waals surface area contributed by atoms with Crippen LogP contribution in [0.15, 0.2) is 36.5 Å². The Morgan fingerprint density at radius 1 is 1.06 bits per heavy atom. The molecule has 4 rings (SSSR count). The Labute approximate surface area is 182 Å². The second-order valence-corrected chi connectivity index (χ2v) is 8.56. The number of nitrogens with one attached hydrogen (secondary N) is 1. The highest BCUT2D eigenvalue weighted by Gasteiger charge is 2.47. The van der Waals surface area contributed by atoms with Gasteiger partial charge in [-0.1, -0.05) is 25.0 Å². The number of hydrogen-bond acceptors (Lipinski definition) is 5. The molecule has 1 aromatic heterocycles. The Balaban J connectivity index is 1.33. The molecule has 2 fully saturated rings. The van der Waals surface area contributed by atoms with Crippen LogP contribution in [0.1, 0.15) is 37.7 Å². The van der Waals surface area contributed by atoms with Crippen molar-refractivity contribution < 1.29 is 14.4 Å². The summed E-state index contributed by atoms with van der Waals surface area (Å²) >= 11 is 0. The number of hydrogen-bond donors (Lipinski definition) is 1. The molecule has 2 atom stereocenters. The highest BCUT2D eigenvalue weighted by Crippen LogP contribution is 2.38. The van der Waals surface area contributed by atoms with Crippen LogP contribution in [0.2, 0.25) is 0 Å². The molecule has 1 saturated heterocycles. The van der Waals surface area contributed by atoms with E-state index in [1.165, 1.54) is 4.90 Å². The fourth-order valence-electron chi connectivity index (χ4n) is 4.51. The smallest absolute Gasteiger partial charge is 0.233 e. The third-order valence-electron chi connectivity index (χ3n) is 6.26. The Morgan fingerprint density at radius 3 is 2.32 bits per heavy atom. The Bertz CT molecular complexity index is 942. The van der Waals surface area contributed by atoms with Crippen molar-refractivity contribution in [1.29, 1.82) is 0 Å². The number of nitrogens with zero attached hydrogens (tertiary/aromatic N) is 4. The van der Waals surface area contributed by atoms with Crippen LogP contribution in [0, 0.1) is 11.8 Å². The van der Waals surface area contributed by atoms with Gasteiger partial charge in [-0.25, -0.2) is 4.68 Å². The van der Waals surface area contributed by atoms with Gasteiger partial charge >= 0.3 is 0 Å². The summed E-state index contributed by atoms with van der Waals surface area (Å²) in [6.07, 6.45) is 5.29. The van der Waals surface area contributed by atoms with Gasteiger partial charge in [0, 0.05) is 38.8 Å². The minimum absolute atomic E-state index is 0.0830. The molecule has 1 N–H and O–H groups in total. The van der Waals surface area contributed by atoms with Gasteiger partial charge in [-0.05, 0) is 30.5 Å². The number of anilines is 2. The lowest BCUT2D eigenvalue weighted by Crippen LogP contribution is -2.34. The van der Waals surface area contributed by atoms with E-state index in [4.69, 9.17) is 0 Å². The average molecular weight is 424 g/mol. The van der Waals surface area contributed by atoms with Gasteiger partial charge in [-0.15, -0.1) is 0 Å². The van der Waals surface area contributed by atoms with Gasteiger partial charge in [0.05, 0.1) is 24.6 Å². The molecule has 2 unspecified atom stereocenters. The topological polar surface area (TPSA) is 87.5 Å². The lowest BCUT2D eigenvalue weighted by molar-refractivity contribution is -0.140. The Kier molecular flexibility index (Phi) is 6.06. The zero-order valence-corrected chi connectivity index (χ0v) is 18.1. The summed E-state index contributed by atoms with van der Waals surface area (Å²) in [6, 6.07) is 9.89. The SMILES string of the molecule is CN(C)c1ccc(Cn2nccc2NC(=O)CCN2C(=O)C3CCCCC3C2=O)cc1. The molecule has 0 bridgehead atoms. The summed E-state index contributed by atoms with van der Waals surface area (Å²) in [5, 5.41) is 7.17. The van der Waals surface area contributed by atoms with Crippen LogP contribution in [0.5, 0.6) is 0 Å². The largest absolute Gasteiger partial charge is 0.378 e. The first-order valence-corrected chi connectivity index (χ1v) is 10.9. The number of benzene rings is 1. The average Bonchev–Trinajstić information content (AvgIpc) is 3.29. The summed E-state index contributed by atoms with van der Waals surface area (Å²) in [5.41, 5.74) is 2.18. The number of amides is 3. The van der Waals surface area contributed by atoms with E-state index in [2.05, 4.69) is 10.4 Å². The van der Waals surface area contributed by atoms with Gasteiger partial charge in [0.1, 0.15) is 5.82 Å². The van der Waals surface area contributed by atoms with Crippen molar-refractivity contribution in [3.05, 3.63) is 42.1 Å². The van der Waals surface area contributed by atoms with Crippen LogP contribution in [-0.2, 0) is 20.9 Å². The van der Waals surface area contributed by atoms with E-state index in [1.54, 1.807) is 16.9 Å². The minimum Gasteiger partial charge on any atom is -0.378 e. The third-order valence-corrected chi connectivity index (χ3v) is 6.26. The molecular formula is C23H29N5O3. The number of likely N-dealkylation sites (tertiary alicyclic amines) is 1. The van der Waals surface area contributed by atoms with Gasteiger partial charge in [0.15, 0.2) is 0 Å². The molecule has 31 heavy (non-hydrogen) atoms. The van der Waals surface area contributed by atoms with Crippen LogP contribution in [0.3, 0.4) is 0 Å². The van der Waals surface area contributed by atoms with Gasteiger partial charge < -0.3 is 10.2 Å². The highest BCUT2D eigenvalue weighted by atomic mass is 16.2. The normalized spacial score (nSPS) is 20.6. The molecule has 2 heterocycles.